The quantitative estimate of drug-likeness (QED) is 0.509. The van der Waals surface area contributed by atoms with Crippen LogP contribution in [0.5, 0.6) is 0 Å². The van der Waals surface area contributed by atoms with Crippen LogP contribution in [0, 0.1) is 0 Å². The summed E-state index contributed by atoms with van der Waals surface area (Å²) >= 11 is 0. The number of hydrogen-bond acceptors (Lipinski definition) is 5. The number of rotatable bonds is 11. The Labute approximate surface area is 154 Å². The van der Waals surface area contributed by atoms with Crippen molar-refractivity contribution in [1.29, 1.82) is 0 Å². The molecule has 0 aliphatic carbocycles. The third kappa shape index (κ3) is 7.11. The van der Waals surface area contributed by atoms with Crippen LogP contribution in [0.4, 0.5) is 0 Å². The Morgan fingerprint density at radius 3 is 2.38 bits per heavy atom. The monoisotopic (exact) mass is 386 g/mol. The van der Waals surface area contributed by atoms with Gasteiger partial charge in [-0.25, -0.2) is 13.1 Å². The zero-order chi connectivity index (χ0) is 19.8. The normalized spacial score (nSPS) is 14.0. The number of carboxylic acids is 1. The maximum absolute atomic E-state index is 11.9. The molecular formula is C17H26N2O6S. The second-order valence-electron chi connectivity index (χ2n) is 6.34. The van der Waals surface area contributed by atoms with E-state index in [0.29, 0.717) is 5.56 Å². The summed E-state index contributed by atoms with van der Waals surface area (Å²) in [5.74, 6) is -1.95. The number of benzene rings is 1. The van der Waals surface area contributed by atoms with Crippen LogP contribution in [0.15, 0.2) is 30.3 Å². The molecule has 0 fully saturated rings. The summed E-state index contributed by atoms with van der Waals surface area (Å²) in [4.78, 5) is 23.6. The van der Waals surface area contributed by atoms with E-state index < -0.39 is 33.9 Å². The van der Waals surface area contributed by atoms with Crippen molar-refractivity contribution >= 4 is 21.9 Å². The van der Waals surface area contributed by atoms with Gasteiger partial charge in [-0.1, -0.05) is 30.3 Å². The number of hydrogen-bond donors (Lipinski definition) is 3. The predicted molar refractivity (Wildman–Crippen MR) is 97.3 cm³/mol. The van der Waals surface area contributed by atoms with Crippen molar-refractivity contribution in [3.8, 4) is 0 Å². The van der Waals surface area contributed by atoms with E-state index in [1.807, 2.05) is 0 Å². The summed E-state index contributed by atoms with van der Waals surface area (Å²) in [5.41, 5.74) is -0.778. The molecule has 146 valence electrons. The van der Waals surface area contributed by atoms with Gasteiger partial charge in [0.15, 0.2) is 0 Å². The maximum Gasteiger partial charge on any atom is 0.315 e. The second-order valence-corrected chi connectivity index (χ2v) is 8.27. The summed E-state index contributed by atoms with van der Waals surface area (Å²) in [6.45, 7) is 4.48. The minimum atomic E-state index is -3.65. The number of aliphatic carboxylic acids is 1. The van der Waals surface area contributed by atoms with Crippen molar-refractivity contribution in [2.45, 2.75) is 32.3 Å². The maximum atomic E-state index is 11.9. The lowest BCUT2D eigenvalue weighted by Crippen LogP contribution is -2.47. The van der Waals surface area contributed by atoms with E-state index in [0.717, 1.165) is 0 Å². The summed E-state index contributed by atoms with van der Waals surface area (Å²) in [5, 5.41) is 12.0. The Balaban J connectivity index is 2.55. The van der Waals surface area contributed by atoms with Crippen LogP contribution in [-0.4, -0.2) is 57.0 Å². The van der Waals surface area contributed by atoms with Crippen LogP contribution >= 0.6 is 0 Å². The van der Waals surface area contributed by atoms with Gasteiger partial charge < -0.3 is 15.2 Å². The highest BCUT2D eigenvalue weighted by molar-refractivity contribution is 7.89. The summed E-state index contributed by atoms with van der Waals surface area (Å²) < 4.78 is 30.9. The molecule has 1 unspecified atom stereocenters. The minimum Gasteiger partial charge on any atom is -0.481 e. The van der Waals surface area contributed by atoms with E-state index in [2.05, 4.69) is 10.0 Å². The molecule has 26 heavy (non-hydrogen) atoms. The van der Waals surface area contributed by atoms with E-state index in [9.17, 15) is 23.1 Å². The van der Waals surface area contributed by atoms with Crippen molar-refractivity contribution in [3.63, 3.8) is 0 Å². The molecule has 0 aliphatic heterocycles. The molecule has 1 atom stereocenters. The summed E-state index contributed by atoms with van der Waals surface area (Å²) in [6, 6.07) is 8.52. The number of ether oxygens (including phenoxy) is 1. The average Bonchev–Trinajstić information content (AvgIpc) is 2.58. The summed E-state index contributed by atoms with van der Waals surface area (Å²) in [6.07, 6.45) is -0.0832. The van der Waals surface area contributed by atoms with Crippen molar-refractivity contribution < 1.29 is 27.9 Å². The lowest BCUT2D eigenvalue weighted by molar-refractivity contribution is -0.143. The molecule has 0 aromatic heterocycles. The van der Waals surface area contributed by atoms with Gasteiger partial charge >= 0.3 is 5.97 Å². The molecule has 0 aliphatic rings. The van der Waals surface area contributed by atoms with Gasteiger partial charge in [-0.2, -0.15) is 0 Å². The largest absolute Gasteiger partial charge is 0.481 e. The van der Waals surface area contributed by atoms with Crippen LogP contribution in [0.1, 0.15) is 26.3 Å². The Kier molecular flexibility index (Phi) is 8.19. The lowest BCUT2D eigenvalue weighted by atomic mass is 9.82. The molecule has 3 N–H and O–H groups in total. The van der Waals surface area contributed by atoms with Crippen LogP contribution in [0.3, 0.4) is 0 Å². The Bertz CT molecular complexity index is 705. The average molecular weight is 386 g/mol. The van der Waals surface area contributed by atoms with E-state index in [1.165, 1.54) is 6.92 Å². The zero-order valence-electron chi connectivity index (χ0n) is 15.2. The van der Waals surface area contributed by atoms with Crippen molar-refractivity contribution in [1.82, 2.24) is 10.0 Å². The van der Waals surface area contributed by atoms with Gasteiger partial charge in [0, 0.05) is 6.54 Å². The van der Waals surface area contributed by atoms with E-state index in [1.54, 1.807) is 44.2 Å². The standard InChI is InChI=1S/C17H26N2O6S/c1-13(2)25-9-10-26(23,24)19-11-15(20)18-12-17(3,16(21)22)14-7-5-4-6-8-14/h4-8,13,19H,9-12H2,1-3H3,(H,18,20)(H,21,22). The van der Waals surface area contributed by atoms with Gasteiger partial charge in [-0.15, -0.1) is 0 Å². The van der Waals surface area contributed by atoms with E-state index in [4.69, 9.17) is 4.74 Å². The number of sulfonamides is 1. The fourth-order valence-electron chi connectivity index (χ4n) is 2.09. The second kappa shape index (κ2) is 9.65. The highest BCUT2D eigenvalue weighted by Crippen LogP contribution is 2.23. The fraction of sp³-hybridized carbons (Fsp3) is 0.529. The van der Waals surface area contributed by atoms with Crippen LogP contribution < -0.4 is 10.0 Å². The van der Waals surface area contributed by atoms with Gasteiger partial charge in [0.25, 0.3) is 0 Å². The van der Waals surface area contributed by atoms with E-state index in [-0.39, 0.29) is 25.0 Å². The number of nitrogens with one attached hydrogen (secondary N) is 2. The number of carbonyl (C=O) groups excluding carboxylic acids is 1. The molecule has 0 spiro atoms. The number of amides is 1. The highest BCUT2D eigenvalue weighted by Gasteiger charge is 2.35. The van der Waals surface area contributed by atoms with E-state index >= 15 is 0 Å². The Morgan fingerprint density at radius 2 is 1.85 bits per heavy atom. The first-order chi connectivity index (χ1) is 12.1. The first-order valence-electron chi connectivity index (χ1n) is 8.21. The number of carbonyl (C=O) groups is 2. The van der Waals surface area contributed by atoms with Gasteiger partial charge in [-0.05, 0) is 26.3 Å². The lowest BCUT2D eigenvalue weighted by Gasteiger charge is -2.25. The van der Waals surface area contributed by atoms with Crippen LogP contribution in [-0.2, 0) is 29.8 Å². The molecule has 1 rings (SSSR count). The fourth-order valence-corrected chi connectivity index (χ4v) is 2.90. The predicted octanol–water partition coefficient (Wildman–Crippen LogP) is 0.490. The third-order valence-corrected chi connectivity index (χ3v) is 5.07. The van der Waals surface area contributed by atoms with Crippen molar-refractivity contribution in [2.75, 3.05) is 25.4 Å². The molecule has 1 aromatic carbocycles. The number of carboxylic acid groups (broad SMARTS) is 1. The van der Waals surface area contributed by atoms with Gasteiger partial charge in [0.05, 0.1) is 25.0 Å². The van der Waals surface area contributed by atoms with Gasteiger partial charge in [0.1, 0.15) is 5.41 Å². The zero-order valence-corrected chi connectivity index (χ0v) is 16.0. The first kappa shape index (κ1) is 22.1. The van der Waals surface area contributed by atoms with Crippen molar-refractivity contribution in [3.05, 3.63) is 35.9 Å². The Morgan fingerprint density at radius 1 is 1.23 bits per heavy atom. The topological polar surface area (TPSA) is 122 Å². The molecule has 0 saturated carbocycles. The molecule has 0 heterocycles. The molecule has 9 heteroatoms. The first-order valence-corrected chi connectivity index (χ1v) is 9.86. The SMILES string of the molecule is CC(C)OCCS(=O)(=O)NCC(=O)NCC(C)(C(=O)O)c1ccccc1. The minimum absolute atomic E-state index is 0.0275. The highest BCUT2D eigenvalue weighted by atomic mass is 32.2. The Hall–Kier alpha value is -1.97. The third-order valence-electron chi connectivity index (χ3n) is 3.78. The molecule has 0 saturated heterocycles. The summed E-state index contributed by atoms with van der Waals surface area (Å²) in [7, 11) is -3.65. The molecule has 1 amide bonds. The van der Waals surface area contributed by atoms with Crippen molar-refractivity contribution in [2.24, 2.45) is 0 Å². The van der Waals surface area contributed by atoms with Crippen LogP contribution in [0.25, 0.3) is 0 Å². The van der Waals surface area contributed by atoms with Gasteiger partial charge in [0.2, 0.25) is 15.9 Å². The van der Waals surface area contributed by atoms with Gasteiger partial charge in [-0.3, -0.25) is 9.59 Å². The molecule has 1 aromatic rings. The molecule has 0 radical (unpaired) electrons. The molecule has 8 nitrogen and oxygen atoms in total. The molecule has 0 bridgehead atoms. The molecular weight excluding hydrogens is 360 g/mol. The smallest absolute Gasteiger partial charge is 0.315 e. The van der Waals surface area contributed by atoms with Crippen LogP contribution in [0.2, 0.25) is 0 Å².